The maximum Gasteiger partial charge on any atom is 0.257 e. The molecule has 0 unspecified atom stereocenters. The first-order valence-corrected chi connectivity index (χ1v) is 7.73. The molecule has 1 aromatic heterocycles. The number of nitrogens with one attached hydrogen (secondary N) is 1. The predicted molar refractivity (Wildman–Crippen MR) is 82.7 cm³/mol. The van der Waals surface area contributed by atoms with Crippen molar-refractivity contribution in [3.05, 3.63) is 41.4 Å². The average molecular weight is 301 g/mol. The molecule has 0 aliphatic carbocycles. The van der Waals surface area contributed by atoms with E-state index in [4.69, 9.17) is 0 Å². The lowest BCUT2D eigenvalue weighted by Gasteiger charge is -2.26. The second-order valence-electron chi connectivity index (χ2n) is 4.84. The number of anilines is 2. The second-order valence-corrected chi connectivity index (χ2v) is 5.74. The zero-order valence-electron chi connectivity index (χ0n) is 11.4. The number of amides is 2. The van der Waals surface area contributed by atoms with Crippen LogP contribution in [0.4, 0.5) is 10.8 Å². The molecule has 0 spiro atoms. The Labute approximate surface area is 126 Å². The number of benzene rings is 1. The molecule has 1 aromatic carbocycles. The predicted octanol–water partition coefficient (Wildman–Crippen LogP) is 2.91. The highest BCUT2D eigenvalue weighted by Crippen LogP contribution is 2.21. The standard InChI is InChI=1S/C15H15N3O2S/c19-13-3-1-2-9-18(13)12-6-4-11(5-7-12)14(20)17-15-16-8-10-21-15/h4-8,10H,1-3,9H2,(H,16,17,20). The van der Waals surface area contributed by atoms with Crippen LogP contribution in [0.1, 0.15) is 29.6 Å². The molecule has 2 heterocycles. The van der Waals surface area contributed by atoms with Crippen LogP contribution >= 0.6 is 11.3 Å². The van der Waals surface area contributed by atoms with Gasteiger partial charge in [0.1, 0.15) is 0 Å². The summed E-state index contributed by atoms with van der Waals surface area (Å²) in [5.74, 6) is -0.0392. The minimum atomic E-state index is -0.193. The Balaban J connectivity index is 1.71. The van der Waals surface area contributed by atoms with Gasteiger partial charge in [0.05, 0.1) is 0 Å². The van der Waals surface area contributed by atoms with Gasteiger partial charge in [-0.15, -0.1) is 11.3 Å². The summed E-state index contributed by atoms with van der Waals surface area (Å²) in [7, 11) is 0. The van der Waals surface area contributed by atoms with Gasteiger partial charge in [-0.25, -0.2) is 4.98 Å². The number of carbonyl (C=O) groups excluding carboxylic acids is 2. The van der Waals surface area contributed by atoms with Crippen LogP contribution in [0.2, 0.25) is 0 Å². The molecule has 0 saturated carbocycles. The van der Waals surface area contributed by atoms with E-state index in [0.29, 0.717) is 17.1 Å². The lowest BCUT2D eigenvalue weighted by Crippen LogP contribution is -2.35. The number of hydrogen-bond acceptors (Lipinski definition) is 4. The number of piperidine rings is 1. The summed E-state index contributed by atoms with van der Waals surface area (Å²) >= 11 is 1.38. The molecule has 0 atom stereocenters. The first-order chi connectivity index (χ1) is 10.2. The Morgan fingerprint density at radius 2 is 2.05 bits per heavy atom. The van der Waals surface area contributed by atoms with E-state index < -0.39 is 0 Å². The molecule has 21 heavy (non-hydrogen) atoms. The summed E-state index contributed by atoms with van der Waals surface area (Å²) in [5, 5.41) is 5.12. The maximum atomic E-state index is 12.0. The SMILES string of the molecule is O=C(Nc1nccs1)c1ccc(N2CCCCC2=O)cc1. The Morgan fingerprint density at radius 1 is 1.24 bits per heavy atom. The van der Waals surface area contributed by atoms with Crippen molar-refractivity contribution in [1.82, 2.24) is 4.98 Å². The first-order valence-electron chi connectivity index (χ1n) is 6.85. The normalized spacial score (nSPS) is 15.0. The van der Waals surface area contributed by atoms with E-state index in [1.165, 1.54) is 11.3 Å². The quantitative estimate of drug-likeness (QED) is 0.948. The van der Waals surface area contributed by atoms with Crippen molar-refractivity contribution >= 4 is 34.0 Å². The fourth-order valence-corrected chi connectivity index (χ4v) is 2.85. The van der Waals surface area contributed by atoms with Crippen molar-refractivity contribution in [3.63, 3.8) is 0 Å². The third-order valence-electron chi connectivity index (χ3n) is 3.42. The summed E-state index contributed by atoms with van der Waals surface area (Å²) in [5.41, 5.74) is 1.41. The number of carbonyl (C=O) groups is 2. The lowest BCUT2D eigenvalue weighted by atomic mass is 10.1. The van der Waals surface area contributed by atoms with E-state index in [1.807, 2.05) is 12.1 Å². The highest BCUT2D eigenvalue weighted by Gasteiger charge is 2.19. The zero-order chi connectivity index (χ0) is 14.7. The largest absolute Gasteiger partial charge is 0.312 e. The van der Waals surface area contributed by atoms with Crippen molar-refractivity contribution < 1.29 is 9.59 Å². The van der Waals surface area contributed by atoms with E-state index in [2.05, 4.69) is 10.3 Å². The maximum absolute atomic E-state index is 12.0. The molecular weight excluding hydrogens is 286 g/mol. The van der Waals surface area contributed by atoms with Crippen LogP contribution in [0.25, 0.3) is 0 Å². The highest BCUT2D eigenvalue weighted by atomic mass is 32.1. The van der Waals surface area contributed by atoms with Crippen LogP contribution in [0.3, 0.4) is 0 Å². The van der Waals surface area contributed by atoms with Crippen molar-refractivity contribution in [2.24, 2.45) is 0 Å². The summed E-state index contributed by atoms with van der Waals surface area (Å²) in [6.07, 6.45) is 4.24. The number of rotatable bonds is 3. The topological polar surface area (TPSA) is 62.3 Å². The van der Waals surface area contributed by atoms with Crippen molar-refractivity contribution in [1.29, 1.82) is 0 Å². The van der Waals surface area contributed by atoms with E-state index >= 15 is 0 Å². The van der Waals surface area contributed by atoms with Crippen LogP contribution in [-0.4, -0.2) is 23.3 Å². The Hall–Kier alpha value is -2.21. The van der Waals surface area contributed by atoms with Gasteiger partial charge < -0.3 is 4.90 Å². The summed E-state index contributed by atoms with van der Waals surface area (Å²) in [6.45, 7) is 0.753. The van der Waals surface area contributed by atoms with Gasteiger partial charge >= 0.3 is 0 Å². The molecule has 2 aromatic rings. The summed E-state index contributed by atoms with van der Waals surface area (Å²) < 4.78 is 0. The third kappa shape index (κ3) is 3.11. The minimum Gasteiger partial charge on any atom is -0.312 e. The smallest absolute Gasteiger partial charge is 0.257 e. The number of hydrogen-bond donors (Lipinski definition) is 1. The minimum absolute atomic E-state index is 0.154. The van der Waals surface area contributed by atoms with Gasteiger partial charge in [-0.1, -0.05) is 0 Å². The van der Waals surface area contributed by atoms with Crippen LogP contribution in [0.15, 0.2) is 35.8 Å². The molecule has 6 heteroatoms. The molecule has 0 bridgehead atoms. The molecule has 1 saturated heterocycles. The number of nitrogens with zero attached hydrogens (tertiary/aromatic N) is 2. The molecule has 1 N–H and O–H groups in total. The van der Waals surface area contributed by atoms with E-state index in [-0.39, 0.29) is 11.8 Å². The van der Waals surface area contributed by atoms with Gasteiger partial charge in [0.25, 0.3) is 5.91 Å². The average Bonchev–Trinajstić information content (AvgIpc) is 3.01. The van der Waals surface area contributed by atoms with Gasteiger partial charge in [0.2, 0.25) is 5.91 Å². The van der Waals surface area contributed by atoms with Crippen LogP contribution in [0.5, 0.6) is 0 Å². The van der Waals surface area contributed by atoms with Gasteiger partial charge in [0.15, 0.2) is 5.13 Å². The van der Waals surface area contributed by atoms with Crippen LogP contribution < -0.4 is 10.2 Å². The fourth-order valence-electron chi connectivity index (χ4n) is 2.33. The van der Waals surface area contributed by atoms with Gasteiger partial charge in [-0.05, 0) is 37.1 Å². The molecule has 3 rings (SSSR count). The van der Waals surface area contributed by atoms with Gasteiger partial charge in [-0.2, -0.15) is 0 Å². The summed E-state index contributed by atoms with van der Waals surface area (Å²) in [4.78, 5) is 29.7. The molecule has 5 nitrogen and oxygen atoms in total. The van der Waals surface area contributed by atoms with Crippen molar-refractivity contribution in [3.8, 4) is 0 Å². The number of aromatic nitrogens is 1. The van der Waals surface area contributed by atoms with E-state index in [9.17, 15) is 9.59 Å². The van der Waals surface area contributed by atoms with Crippen molar-refractivity contribution in [2.75, 3.05) is 16.8 Å². The first kappa shape index (κ1) is 13.8. The Morgan fingerprint density at radius 3 is 2.71 bits per heavy atom. The van der Waals surface area contributed by atoms with E-state index in [0.717, 1.165) is 25.1 Å². The van der Waals surface area contributed by atoms with Crippen LogP contribution in [-0.2, 0) is 4.79 Å². The molecule has 1 aliphatic rings. The molecule has 1 fully saturated rings. The van der Waals surface area contributed by atoms with Gasteiger partial charge in [0, 0.05) is 35.8 Å². The highest BCUT2D eigenvalue weighted by molar-refractivity contribution is 7.13. The zero-order valence-corrected chi connectivity index (χ0v) is 12.2. The molecule has 1 aliphatic heterocycles. The monoisotopic (exact) mass is 301 g/mol. The molecule has 2 amide bonds. The molecule has 108 valence electrons. The van der Waals surface area contributed by atoms with Gasteiger partial charge in [-0.3, -0.25) is 14.9 Å². The number of thiazole rings is 1. The lowest BCUT2D eigenvalue weighted by molar-refractivity contribution is -0.119. The Kier molecular flexibility index (Phi) is 3.96. The summed E-state index contributed by atoms with van der Waals surface area (Å²) in [6, 6.07) is 7.11. The third-order valence-corrected chi connectivity index (χ3v) is 4.11. The van der Waals surface area contributed by atoms with Crippen molar-refractivity contribution in [2.45, 2.75) is 19.3 Å². The van der Waals surface area contributed by atoms with Crippen LogP contribution in [0, 0.1) is 0 Å². The molecular formula is C15H15N3O2S. The second kappa shape index (κ2) is 6.05. The fraction of sp³-hybridized carbons (Fsp3) is 0.267. The molecule has 0 radical (unpaired) electrons. The Bertz CT molecular complexity index is 637. The van der Waals surface area contributed by atoms with E-state index in [1.54, 1.807) is 28.6 Å².